The molecule has 6 rings (SSSR count). The van der Waals surface area contributed by atoms with E-state index in [1.165, 1.54) is 28.1 Å². The molecule has 5 nitrogen and oxygen atoms in total. The molecule has 0 saturated carbocycles. The number of rotatable bonds is 2. The van der Waals surface area contributed by atoms with E-state index in [4.69, 9.17) is 0 Å². The van der Waals surface area contributed by atoms with Gasteiger partial charge >= 0.3 is 0 Å². The second-order valence-electron chi connectivity index (χ2n) is 6.90. The summed E-state index contributed by atoms with van der Waals surface area (Å²) in [6.45, 7) is 0. The summed E-state index contributed by atoms with van der Waals surface area (Å²) in [5, 5.41) is 3.33. The molecule has 0 aliphatic rings. The van der Waals surface area contributed by atoms with Crippen LogP contribution >= 0.6 is 0 Å². The number of para-hydroxylation sites is 2. The fraction of sp³-hybridized carbons (Fsp3) is 0. The number of aromatic nitrogens is 5. The van der Waals surface area contributed by atoms with Gasteiger partial charge in [-0.3, -0.25) is 0 Å². The van der Waals surface area contributed by atoms with Crippen molar-refractivity contribution in [1.29, 1.82) is 0 Å². The highest BCUT2D eigenvalue weighted by atomic mass is 15.0. The Morgan fingerprint density at radius 1 is 0.621 bits per heavy atom. The molecule has 0 atom stereocenters. The minimum absolute atomic E-state index is 0.646. The average Bonchev–Trinajstić information content (AvgIpc) is 3.13. The summed E-state index contributed by atoms with van der Waals surface area (Å²) in [4.78, 5) is 17.2. The monoisotopic (exact) mass is 373 g/mol. The van der Waals surface area contributed by atoms with Crippen molar-refractivity contribution in [3.8, 4) is 16.9 Å². The van der Waals surface area contributed by atoms with Crippen LogP contribution in [0.25, 0.3) is 49.8 Å². The third-order valence-electron chi connectivity index (χ3n) is 5.27. The molecule has 0 radical (unpaired) electrons. The van der Waals surface area contributed by atoms with E-state index in [1.54, 1.807) is 12.5 Å². The van der Waals surface area contributed by atoms with Crippen LogP contribution in [0, 0.1) is 0 Å². The second kappa shape index (κ2) is 6.21. The Morgan fingerprint density at radius 3 is 2.14 bits per heavy atom. The summed E-state index contributed by atoms with van der Waals surface area (Å²) in [5.74, 6) is 0. The first-order chi connectivity index (χ1) is 14.4. The second-order valence-corrected chi connectivity index (χ2v) is 6.90. The Labute approximate surface area is 166 Å². The van der Waals surface area contributed by atoms with Crippen molar-refractivity contribution in [3.05, 3.63) is 91.6 Å². The van der Waals surface area contributed by atoms with Crippen LogP contribution in [0.2, 0.25) is 0 Å². The van der Waals surface area contributed by atoms with Crippen LogP contribution in [0.5, 0.6) is 0 Å². The largest absolute Gasteiger partial charge is 0.309 e. The summed E-state index contributed by atoms with van der Waals surface area (Å²) >= 11 is 0. The Kier molecular flexibility index (Phi) is 3.40. The Bertz CT molecular complexity index is 1460. The lowest BCUT2D eigenvalue weighted by Gasteiger charge is -2.10. The molecular formula is C24H15N5. The lowest BCUT2D eigenvalue weighted by molar-refractivity contribution is 1.13. The molecule has 0 fully saturated rings. The van der Waals surface area contributed by atoms with Gasteiger partial charge in [-0.05, 0) is 24.3 Å². The first kappa shape index (κ1) is 15.9. The van der Waals surface area contributed by atoms with Crippen LogP contribution in [-0.2, 0) is 0 Å². The van der Waals surface area contributed by atoms with Gasteiger partial charge < -0.3 is 4.57 Å². The summed E-state index contributed by atoms with van der Waals surface area (Å²) in [6.07, 6.45) is 4.83. The maximum absolute atomic E-state index is 4.52. The lowest BCUT2D eigenvalue weighted by atomic mass is 10.1. The minimum Gasteiger partial charge on any atom is -0.309 e. The number of hydrogen-bond donors (Lipinski definition) is 0. The van der Waals surface area contributed by atoms with E-state index in [0.29, 0.717) is 5.65 Å². The molecule has 0 N–H and O–H groups in total. The standard InChI is InChI=1S/C24H15N5/c1-3-10-21-18(8-1)19-9-2-4-11-22(19)29(21)17-7-5-6-16(12-17)23-20-13-25-14-27-24(20)28-15-26-23/h1-15H. The summed E-state index contributed by atoms with van der Waals surface area (Å²) in [7, 11) is 0. The zero-order valence-corrected chi connectivity index (χ0v) is 15.4. The highest BCUT2D eigenvalue weighted by molar-refractivity contribution is 6.09. The smallest absolute Gasteiger partial charge is 0.166 e. The third kappa shape index (κ3) is 2.41. The van der Waals surface area contributed by atoms with Gasteiger partial charge in [0.2, 0.25) is 0 Å². The van der Waals surface area contributed by atoms with E-state index in [9.17, 15) is 0 Å². The van der Waals surface area contributed by atoms with Crippen LogP contribution in [-0.4, -0.2) is 24.5 Å². The van der Waals surface area contributed by atoms with Crippen molar-refractivity contribution in [2.24, 2.45) is 0 Å². The fourth-order valence-corrected chi connectivity index (χ4v) is 4.03. The van der Waals surface area contributed by atoms with Crippen LogP contribution in [0.4, 0.5) is 0 Å². The van der Waals surface area contributed by atoms with Crippen molar-refractivity contribution in [1.82, 2.24) is 24.5 Å². The van der Waals surface area contributed by atoms with Gasteiger partial charge in [-0.25, -0.2) is 19.9 Å². The van der Waals surface area contributed by atoms with Gasteiger partial charge in [0.1, 0.15) is 12.7 Å². The Hall–Kier alpha value is -4.12. The van der Waals surface area contributed by atoms with E-state index in [2.05, 4.69) is 97.3 Å². The fourth-order valence-electron chi connectivity index (χ4n) is 4.03. The third-order valence-corrected chi connectivity index (χ3v) is 5.27. The molecule has 3 heterocycles. The molecule has 0 spiro atoms. The SMILES string of the molecule is c1cc(-c2ncnc3ncncc23)cc(-n2c3ccccc3c3ccccc32)c1. The molecule has 6 aromatic rings. The maximum Gasteiger partial charge on any atom is 0.166 e. The zero-order chi connectivity index (χ0) is 19.2. The van der Waals surface area contributed by atoms with E-state index in [0.717, 1.165) is 22.3 Å². The number of hydrogen-bond acceptors (Lipinski definition) is 4. The number of fused-ring (bicyclic) bond motifs is 4. The molecule has 5 heteroatoms. The quantitative estimate of drug-likeness (QED) is 0.419. The van der Waals surface area contributed by atoms with Crippen LogP contribution in [0.3, 0.4) is 0 Å². The van der Waals surface area contributed by atoms with Crippen molar-refractivity contribution in [3.63, 3.8) is 0 Å². The molecule has 0 saturated heterocycles. The maximum atomic E-state index is 4.52. The Balaban J connectivity index is 1.64. The summed E-state index contributed by atoms with van der Waals surface area (Å²) < 4.78 is 2.30. The van der Waals surface area contributed by atoms with Gasteiger partial charge in [0.25, 0.3) is 0 Å². The summed E-state index contributed by atoms with van der Waals surface area (Å²) in [5.41, 5.74) is 5.93. The van der Waals surface area contributed by atoms with Crippen molar-refractivity contribution >= 4 is 32.8 Å². The van der Waals surface area contributed by atoms with E-state index < -0.39 is 0 Å². The van der Waals surface area contributed by atoms with E-state index >= 15 is 0 Å². The van der Waals surface area contributed by atoms with Gasteiger partial charge in [-0.15, -0.1) is 0 Å². The summed E-state index contributed by atoms with van der Waals surface area (Å²) in [6, 6.07) is 25.4. The van der Waals surface area contributed by atoms with Gasteiger partial charge in [-0.1, -0.05) is 48.5 Å². The molecule has 29 heavy (non-hydrogen) atoms. The molecule has 0 amide bonds. The predicted molar refractivity (Wildman–Crippen MR) is 115 cm³/mol. The van der Waals surface area contributed by atoms with Crippen molar-refractivity contribution in [2.75, 3.05) is 0 Å². The molecular weight excluding hydrogens is 358 g/mol. The van der Waals surface area contributed by atoms with E-state index in [-0.39, 0.29) is 0 Å². The Morgan fingerprint density at radius 2 is 1.34 bits per heavy atom. The van der Waals surface area contributed by atoms with Crippen molar-refractivity contribution in [2.45, 2.75) is 0 Å². The van der Waals surface area contributed by atoms with Gasteiger partial charge in [0.05, 0.1) is 22.1 Å². The number of nitrogens with zero attached hydrogens (tertiary/aromatic N) is 5. The van der Waals surface area contributed by atoms with Crippen LogP contribution < -0.4 is 0 Å². The molecule has 0 bridgehead atoms. The normalized spacial score (nSPS) is 11.4. The van der Waals surface area contributed by atoms with Crippen molar-refractivity contribution < 1.29 is 0 Å². The highest BCUT2D eigenvalue weighted by Gasteiger charge is 2.13. The molecule has 0 unspecified atom stereocenters. The number of benzene rings is 3. The van der Waals surface area contributed by atoms with Crippen LogP contribution in [0.1, 0.15) is 0 Å². The molecule has 3 aromatic heterocycles. The van der Waals surface area contributed by atoms with Gasteiger partial charge in [0.15, 0.2) is 5.65 Å². The van der Waals surface area contributed by atoms with Gasteiger partial charge in [-0.2, -0.15) is 0 Å². The van der Waals surface area contributed by atoms with Gasteiger partial charge in [0, 0.05) is 28.2 Å². The molecule has 0 aliphatic heterocycles. The van der Waals surface area contributed by atoms with Crippen LogP contribution in [0.15, 0.2) is 91.6 Å². The zero-order valence-electron chi connectivity index (χ0n) is 15.4. The van der Waals surface area contributed by atoms with E-state index in [1.807, 2.05) is 0 Å². The highest BCUT2D eigenvalue weighted by Crippen LogP contribution is 2.33. The minimum atomic E-state index is 0.646. The predicted octanol–water partition coefficient (Wildman–Crippen LogP) is 5.18. The molecule has 3 aromatic carbocycles. The lowest BCUT2D eigenvalue weighted by Crippen LogP contribution is -1.96. The molecule has 0 aliphatic carbocycles. The first-order valence-electron chi connectivity index (χ1n) is 9.40. The molecule has 136 valence electrons. The topological polar surface area (TPSA) is 56.5 Å². The average molecular weight is 373 g/mol. The first-order valence-corrected chi connectivity index (χ1v) is 9.40.